The lowest BCUT2D eigenvalue weighted by atomic mass is 9.94. The van der Waals surface area contributed by atoms with Gasteiger partial charge in [0.2, 0.25) is 12.3 Å². The number of hydrogen-bond donors (Lipinski definition) is 0. The lowest BCUT2D eigenvalue weighted by Crippen LogP contribution is -2.27. The summed E-state index contributed by atoms with van der Waals surface area (Å²) in [5.74, 6) is 0.708. The highest BCUT2D eigenvalue weighted by Crippen LogP contribution is 2.14. The molecule has 3 nitrogen and oxygen atoms in total. The molecule has 0 aliphatic rings. The summed E-state index contributed by atoms with van der Waals surface area (Å²) in [5.41, 5.74) is 0. The summed E-state index contributed by atoms with van der Waals surface area (Å²) in [5, 5.41) is 0. The molecule has 2 amide bonds. The van der Waals surface area contributed by atoms with Gasteiger partial charge in [0.15, 0.2) is 0 Å². The minimum atomic E-state index is -0.105. The van der Waals surface area contributed by atoms with Crippen molar-refractivity contribution < 1.29 is 9.59 Å². The number of nitrogens with zero attached hydrogens (tertiary/aromatic N) is 1. The fourth-order valence-corrected chi connectivity index (χ4v) is 0.714. The molecule has 70 valence electrons. The number of imide groups is 1. The number of rotatable bonds is 4. The Labute approximate surface area is 73.7 Å². The fourth-order valence-electron chi connectivity index (χ4n) is 0.714. The van der Waals surface area contributed by atoms with Crippen LogP contribution in [0.4, 0.5) is 0 Å². The van der Waals surface area contributed by atoms with Crippen LogP contribution in [-0.4, -0.2) is 24.3 Å². The Morgan fingerprint density at radius 1 is 1.42 bits per heavy atom. The molecule has 0 aromatic rings. The highest BCUT2D eigenvalue weighted by atomic mass is 16.2. The maximum atomic E-state index is 11.2. The first-order chi connectivity index (χ1) is 5.49. The standard InChI is InChI=1S/C9H17NO2/c1-7(2)8(3)5-9(12)10(4)6-11/h6-8H,5H2,1-4H3. The van der Waals surface area contributed by atoms with E-state index in [9.17, 15) is 9.59 Å². The van der Waals surface area contributed by atoms with Crippen LogP contribution in [0, 0.1) is 11.8 Å². The van der Waals surface area contributed by atoms with Gasteiger partial charge < -0.3 is 0 Å². The lowest BCUT2D eigenvalue weighted by molar-refractivity contribution is -0.137. The Kier molecular flexibility index (Phi) is 4.55. The second-order valence-corrected chi connectivity index (χ2v) is 3.54. The van der Waals surface area contributed by atoms with Crippen LogP contribution >= 0.6 is 0 Å². The van der Waals surface area contributed by atoms with Gasteiger partial charge in [-0.15, -0.1) is 0 Å². The topological polar surface area (TPSA) is 37.4 Å². The Balaban J connectivity index is 3.92. The Morgan fingerprint density at radius 3 is 2.25 bits per heavy atom. The van der Waals surface area contributed by atoms with E-state index < -0.39 is 0 Å². The van der Waals surface area contributed by atoms with Crippen LogP contribution in [0.1, 0.15) is 27.2 Å². The van der Waals surface area contributed by atoms with Gasteiger partial charge in [0.1, 0.15) is 0 Å². The summed E-state index contributed by atoms with van der Waals surface area (Å²) >= 11 is 0. The van der Waals surface area contributed by atoms with E-state index in [0.29, 0.717) is 24.7 Å². The third-order valence-electron chi connectivity index (χ3n) is 2.19. The number of carbonyl (C=O) groups excluding carboxylic acids is 2. The van der Waals surface area contributed by atoms with Crippen molar-refractivity contribution in [2.75, 3.05) is 7.05 Å². The Hall–Kier alpha value is -0.860. The third-order valence-corrected chi connectivity index (χ3v) is 2.19. The van der Waals surface area contributed by atoms with E-state index in [4.69, 9.17) is 0 Å². The number of carbonyl (C=O) groups is 2. The Morgan fingerprint density at radius 2 is 1.92 bits per heavy atom. The van der Waals surface area contributed by atoms with Gasteiger partial charge in [0.25, 0.3) is 0 Å². The molecule has 12 heavy (non-hydrogen) atoms. The normalized spacial score (nSPS) is 12.8. The molecular formula is C9H17NO2. The second-order valence-electron chi connectivity index (χ2n) is 3.54. The van der Waals surface area contributed by atoms with Gasteiger partial charge in [0, 0.05) is 13.5 Å². The molecule has 0 aliphatic carbocycles. The molecule has 0 aromatic carbocycles. The molecule has 0 heterocycles. The maximum absolute atomic E-state index is 11.2. The van der Waals surface area contributed by atoms with Gasteiger partial charge in [-0.3, -0.25) is 14.5 Å². The molecule has 1 atom stereocenters. The molecule has 0 aromatic heterocycles. The first-order valence-electron chi connectivity index (χ1n) is 4.20. The van der Waals surface area contributed by atoms with Crippen molar-refractivity contribution in [1.82, 2.24) is 4.90 Å². The summed E-state index contributed by atoms with van der Waals surface area (Å²) < 4.78 is 0. The van der Waals surface area contributed by atoms with Crippen molar-refractivity contribution in [3.05, 3.63) is 0 Å². The van der Waals surface area contributed by atoms with E-state index in [1.165, 1.54) is 7.05 Å². The van der Waals surface area contributed by atoms with Crippen LogP contribution in [-0.2, 0) is 9.59 Å². The molecule has 0 saturated carbocycles. The van der Waals surface area contributed by atoms with E-state index >= 15 is 0 Å². The van der Waals surface area contributed by atoms with Gasteiger partial charge in [-0.1, -0.05) is 20.8 Å². The van der Waals surface area contributed by atoms with Gasteiger partial charge in [-0.25, -0.2) is 0 Å². The smallest absolute Gasteiger partial charge is 0.228 e. The van der Waals surface area contributed by atoms with Crippen LogP contribution in [0.5, 0.6) is 0 Å². The molecule has 0 bridgehead atoms. The lowest BCUT2D eigenvalue weighted by Gasteiger charge is -2.16. The molecule has 0 N–H and O–H groups in total. The van der Waals surface area contributed by atoms with Crippen LogP contribution in [0.2, 0.25) is 0 Å². The maximum Gasteiger partial charge on any atom is 0.228 e. The largest absolute Gasteiger partial charge is 0.288 e. The second kappa shape index (κ2) is 4.91. The van der Waals surface area contributed by atoms with Crippen LogP contribution in [0.15, 0.2) is 0 Å². The first kappa shape index (κ1) is 11.1. The molecule has 0 rings (SSSR count). The minimum absolute atomic E-state index is 0.105. The van der Waals surface area contributed by atoms with Crippen molar-refractivity contribution in [3.8, 4) is 0 Å². The molecule has 1 unspecified atom stereocenters. The van der Waals surface area contributed by atoms with Gasteiger partial charge in [-0.05, 0) is 11.8 Å². The van der Waals surface area contributed by atoms with E-state index in [2.05, 4.69) is 13.8 Å². The van der Waals surface area contributed by atoms with Gasteiger partial charge in [0.05, 0.1) is 0 Å². The molecule has 3 heteroatoms. The summed E-state index contributed by atoms with van der Waals surface area (Å²) in [7, 11) is 1.49. The molecule has 0 fully saturated rings. The average Bonchev–Trinajstić information content (AvgIpc) is 2.02. The molecular weight excluding hydrogens is 154 g/mol. The van der Waals surface area contributed by atoms with Gasteiger partial charge in [-0.2, -0.15) is 0 Å². The zero-order chi connectivity index (χ0) is 9.72. The van der Waals surface area contributed by atoms with E-state index in [-0.39, 0.29) is 5.91 Å². The van der Waals surface area contributed by atoms with Crippen molar-refractivity contribution in [2.24, 2.45) is 11.8 Å². The SMILES string of the molecule is CC(C)C(C)CC(=O)N(C)C=O. The van der Waals surface area contributed by atoms with Crippen molar-refractivity contribution in [3.63, 3.8) is 0 Å². The summed E-state index contributed by atoms with van der Waals surface area (Å²) in [6.45, 7) is 6.15. The first-order valence-corrected chi connectivity index (χ1v) is 4.20. The molecule has 0 spiro atoms. The average molecular weight is 171 g/mol. The summed E-state index contributed by atoms with van der Waals surface area (Å²) in [6, 6.07) is 0. The predicted molar refractivity (Wildman–Crippen MR) is 47.5 cm³/mol. The summed E-state index contributed by atoms with van der Waals surface area (Å²) in [4.78, 5) is 22.5. The van der Waals surface area contributed by atoms with Crippen molar-refractivity contribution in [2.45, 2.75) is 27.2 Å². The monoisotopic (exact) mass is 171 g/mol. The zero-order valence-electron chi connectivity index (χ0n) is 8.20. The van der Waals surface area contributed by atoms with E-state index in [0.717, 1.165) is 4.90 Å². The van der Waals surface area contributed by atoms with Crippen LogP contribution in [0.3, 0.4) is 0 Å². The van der Waals surface area contributed by atoms with E-state index in [1.807, 2.05) is 6.92 Å². The van der Waals surface area contributed by atoms with Crippen LogP contribution < -0.4 is 0 Å². The third kappa shape index (κ3) is 3.51. The van der Waals surface area contributed by atoms with E-state index in [1.54, 1.807) is 0 Å². The number of hydrogen-bond acceptors (Lipinski definition) is 2. The fraction of sp³-hybridized carbons (Fsp3) is 0.778. The zero-order valence-corrected chi connectivity index (χ0v) is 8.20. The Bertz CT molecular complexity index is 166. The molecule has 0 radical (unpaired) electrons. The van der Waals surface area contributed by atoms with Gasteiger partial charge >= 0.3 is 0 Å². The highest BCUT2D eigenvalue weighted by molar-refractivity contribution is 5.85. The molecule has 0 aliphatic heterocycles. The van der Waals surface area contributed by atoms with Crippen molar-refractivity contribution in [1.29, 1.82) is 0 Å². The minimum Gasteiger partial charge on any atom is -0.288 e. The summed E-state index contributed by atoms with van der Waals surface area (Å²) in [6.07, 6.45) is 1.00. The quantitative estimate of drug-likeness (QED) is 0.597. The highest BCUT2D eigenvalue weighted by Gasteiger charge is 2.14. The van der Waals surface area contributed by atoms with Crippen molar-refractivity contribution >= 4 is 12.3 Å². The number of amides is 2. The molecule has 0 saturated heterocycles. The predicted octanol–water partition coefficient (Wildman–Crippen LogP) is 1.28. The van der Waals surface area contributed by atoms with Crippen LogP contribution in [0.25, 0.3) is 0 Å².